The summed E-state index contributed by atoms with van der Waals surface area (Å²) in [5.41, 5.74) is 12.4. The molecule has 0 fully saturated rings. The van der Waals surface area contributed by atoms with Crippen LogP contribution in [0, 0.1) is 5.92 Å². The number of aromatic amines is 1. The number of carboxylic acids is 1. The monoisotopic (exact) mass is 545 g/mol. The molecule has 4 unspecified atom stereocenters. The van der Waals surface area contributed by atoms with Crippen molar-refractivity contribution in [1.82, 2.24) is 25.9 Å². The van der Waals surface area contributed by atoms with Crippen molar-refractivity contribution in [2.75, 3.05) is 0 Å². The zero-order chi connectivity index (χ0) is 29.1. The van der Waals surface area contributed by atoms with Crippen molar-refractivity contribution in [3.05, 3.63) is 48.0 Å². The summed E-state index contributed by atoms with van der Waals surface area (Å²) in [6.45, 7) is 3.21. The van der Waals surface area contributed by atoms with Crippen LogP contribution in [0.5, 0.6) is 5.75 Å². The maximum Gasteiger partial charge on any atom is 0.326 e. The van der Waals surface area contributed by atoms with Crippen molar-refractivity contribution in [1.29, 1.82) is 0 Å². The second-order valence-electron chi connectivity index (χ2n) is 9.45. The Hall–Kier alpha value is -4.46. The lowest BCUT2D eigenvalue weighted by molar-refractivity contribution is -0.143. The first-order chi connectivity index (χ1) is 18.4. The number of amides is 4. The summed E-state index contributed by atoms with van der Waals surface area (Å²) in [6.07, 6.45) is 2.58. The summed E-state index contributed by atoms with van der Waals surface area (Å²) in [5.74, 6) is -4.68. The van der Waals surface area contributed by atoms with Gasteiger partial charge in [0, 0.05) is 31.2 Å². The van der Waals surface area contributed by atoms with E-state index >= 15 is 0 Å². The van der Waals surface area contributed by atoms with Crippen molar-refractivity contribution in [2.24, 2.45) is 17.4 Å². The van der Waals surface area contributed by atoms with Gasteiger partial charge in [-0.3, -0.25) is 19.2 Å². The summed E-state index contributed by atoms with van der Waals surface area (Å²) in [6, 6.07) is 1.15. The number of primary amides is 1. The zero-order valence-electron chi connectivity index (χ0n) is 21.7. The highest BCUT2D eigenvalue weighted by molar-refractivity contribution is 5.94. The van der Waals surface area contributed by atoms with Gasteiger partial charge in [0.25, 0.3) is 0 Å². The van der Waals surface area contributed by atoms with Crippen LogP contribution < -0.4 is 27.4 Å². The van der Waals surface area contributed by atoms with E-state index in [9.17, 15) is 34.2 Å². The first-order valence-corrected chi connectivity index (χ1v) is 12.3. The minimum Gasteiger partial charge on any atom is -0.508 e. The molecule has 0 saturated heterocycles. The zero-order valence-corrected chi connectivity index (χ0v) is 21.7. The van der Waals surface area contributed by atoms with Gasteiger partial charge in [0.1, 0.15) is 23.9 Å². The molecule has 2 aromatic rings. The molecule has 2 rings (SSSR count). The average molecular weight is 546 g/mol. The topological polar surface area (TPSA) is 243 Å². The lowest BCUT2D eigenvalue weighted by Gasteiger charge is -2.26. The van der Waals surface area contributed by atoms with Gasteiger partial charge in [-0.25, -0.2) is 9.78 Å². The number of aromatic nitrogens is 2. The Morgan fingerprint density at radius 1 is 0.949 bits per heavy atom. The van der Waals surface area contributed by atoms with Crippen LogP contribution >= 0.6 is 0 Å². The quantitative estimate of drug-likeness (QED) is 0.132. The smallest absolute Gasteiger partial charge is 0.326 e. The third-order valence-corrected chi connectivity index (χ3v) is 5.88. The Morgan fingerprint density at radius 2 is 1.56 bits per heavy atom. The van der Waals surface area contributed by atoms with E-state index in [4.69, 9.17) is 11.5 Å². The highest BCUT2D eigenvalue weighted by atomic mass is 16.4. The second kappa shape index (κ2) is 14.5. The van der Waals surface area contributed by atoms with Gasteiger partial charge in [0.15, 0.2) is 0 Å². The molecular formula is C25H35N7O7. The molecule has 10 N–H and O–H groups in total. The maximum absolute atomic E-state index is 13.4. The normalized spacial score (nSPS) is 14.1. The van der Waals surface area contributed by atoms with Crippen molar-refractivity contribution in [2.45, 2.75) is 63.7 Å². The third-order valence-electron chi connectivity index (χ3n) is 5.88. The number of imidazole rings is 1. The summed E-state index contributed by atoms with van der Waals surface area (Å²) in [5, 5.41) is 26.5. The first kappa shape index (κ1) is 30.8. The number of carbonyl (C=O) groups excluding carboxylic acids is 4. The predicted octanol–water partition coefficient (Wildman–Crippen LogP) is -1.31. The molecule has 0 spiro atoms. The molecule has 4 amide bonds. The van der Waals surface area contributed by atoms with E-state index < -0.39 is 59.7 Å². The number of aromatic hydroxyl groups is 1. The van der Waals surface area contributed by atoms with Gasteiger partial charge in [-0.2, -0.15) is 0 Å². The standard InChI is InChI=1S/C25H35N7O7/c1-13(2)21(25(38)39)32-23(36)18(7-8-20(27)34)30-24(37)19(9-14-3-5-16(33)6-4-14)31-22(35)17(26)10-15-11-28-12-29-15/h3-6,11-13,17-19,21,33H,7-10,26H2,1-2H3,(H2,27,34)(H,28,29)(H,30,37)(H,31,35)(H,32,36)(H,38,39). The predicted molar refractivity (Wildman–Crippen MR) is 139 cm³/mol. The summed E-state index contributed by atoms with van der Waals surface area (Å²) >= 11 is 0. The highest BCUT2D eigenvalue weighted by Gasteiger charge is 2.31. The van der Waals surface area contributed by atoms with Crippen LogP contribution in [0.25, 0.3) is 0 Å². The van der Waals surface area contributed by atoms with E-state index in [-0.39, 0.29) is 31.4 Å². The van der Waals surface area contributed by atoms with Gasteiger partial charge in [0.05, 0.1) is 12.4 Å². The fourth-order valence-corrected chi connectivity index (χ4v) is 3.68. The number of aliphatic carboxylic acids is 1. The molecule has 0 aliphatic heterocycles. The molecule has 1 heterocycles. The third kappa shape index (κ3) is 10.1. The lowest BCUT2D eigenvalue weighted by atomic mass is 10.0. The van der Waals surface area contributed by atoms with E-state index in [2.05, 4.69) is 25.9 Å². The Bertz CT molecular complexity index is 1140. The highest BCUT2D eigenvalue weighted by Crippen LogP contribution is 2.12. The second-order valence-corrected chi connectivity index (χ2v) is 9.45. The van der Waals surface area contributed by atoms with Crippen molar-refractivity contribution in [3.63, 3.8) is 0 Å². The number of rotatable bonds is 15. The van der Waals surface area contributed by atoms with Gasteiger partial charge < -0.3 is 42.6 Å². The summed E-state index contributed by atoms with van der Waals surface area (Å²) in [7, 11) is 0. The van der Waals surface area contributed by atoms with Gasteiger partial charge >= 0.3 is 5.97 Å². The molecule has 1 aromatic carbocycles. The molecule has 39 heavy (non-hydrogen) atoms. The number of H-pyrrole nitrogens is 1. The van der Waals surface area contributed by atoms with Crippen LogP contribution in [-0.4, -0.2) is 73.9 Å². The van der Waals surface area contributed by atoms with E-state index in [1.165, 1.54) is 24.7 Å². The molecule has 212 valence electrons. The fourth-order valence-electron chi connectivity index (χ4n) is 3.68. The molecule has 14 heteroatoms. The van der Waals surface area contributed by atoms with Crippen molar-refractivity contribution < 1.29 is 34.2 Å². The number of phenolic OH excluding ortho intramolecular Hbond substituents is 1. The van der Waals surface area contributed by atoms with Gasteiger partial charge in [-0.1, -0.05) is 26.0 Å². The van der Waals surface area contributed by atoms with Crippen molar-refractivity contribution >= 4 is 29.6 Å². The summed E-state index contributed by atoms with van der Waals surface area (Å²) in [4.78, 5) is 68.8. The maximum atomic E-state index is 13.4. The minimum atomic E-state index is -1.32. The van der Waals surface area contributed by atoms with Crippen LogP contribution in [0.2, 0.25) is 0 Å². The van der Waals surface area contributed by atoms with Crippen LogP contribution in [-0.2, 0) is 36.8 Å². The van der Waals surface area contributed by atoms with E-state index in [1.54, 1.807) is 26.0 Å². The average Bonchev–Trinajstić information content (AvgIpc) is 3.38. The number of carbonyl (C=O) groups is 5. The Balaban J connectivity index is 2.24. The number of phenols is 1. The van der Waals surface area contributed by atoms with Crippen LogP contribution in [0.4, 0.5) is 0 Å². The Kier molecular flexibility index (Phi) is 11.4. The largest absolute Gasteiger partial charge is 0.508 e. The number of carboxylic acid groups (broad SMARTS) is 1. The Morgan fingerprint density at radius 3 is 2.10 bits per heavy atom. The minimum absolute atomic E-state index is 0.00620. The summed E-state index contributed by atoms with van der Waals surface area (Å²) < 4.78 is 0. The van der Waals surface area contributed by atoms with Gasteiger partial charge in [0.2, 0.25) is 23.6 Å². The van der Waals surface area contributed by atoms with Gasteiger partial charge in [-0.15, -0.1) is 0 Å². The van der Waals surface area contributed by atoms with Crippen LogP contribution in [0.15, 0.2) is 36.8 Å². The van der Waals surface area contributed by atoms with Crippen LogP contribution in [0.1, 0.15) is 37.9 Å². The number of nitrogens with one attached hydrogen (secondary N) is 4. The molecular weight excluding hydrogens is 510 g/mol. The number of hydrogen-bond acceptors (Lipinski definition) is 8. The molecule has 0 saturated carbocycles. The number of benzene rings is 1. The lowest BCUT2D eigenvalue weighted by Crippen LogP contribution is -2.58. The molecule has 0 aliphatic rings. The molecule has 0 aliphatic carbocycles. The van der Waals surface area contributed by atoms with E-state index in [1.807, 2.05) is 0 Å². The van der Waals surface area contributed by atoms with E-state index in [0.717, 1.165) is 0 Å². The van der Waals surface area contributed by atoms with Gasteiger partial charge in [-0.05, 0) is 30.0 Å². The Labute approximate surface area is 224 Å². The van der Waals surface area contributed by atoms with Crippen molar-refractivity contribution in [3.8, 4) is 5.75 Å². The number of nitrogens with two attached hydrogens (primary N) is 2. The fraction of sp³-hybridized carbons (Fsp3) is 0.440. The number of hydrogen-bond donors (Lipinski definition) is 8. The van der Waals surface area contributed by atoms with Crippen LogP contribution in [0.3, 0.4) is 0 Å². The molecule has 0 radical (unpaired) electrons. The molecule has 4 atom stereocenters. The first-order valence-electron chi connectivity index (χ1n) is 12.3. The molecule has 1 aromatic heterocycles. The molecule has 14 nitrogen and oxygen atoms in total. The van der Waals surface area contributed by atoms with E-state index in [0.29, 0.717) is 11.3 Å². The number of nitrogens with zero attached hydrogens (tertiary/aromatic N) is 1. The SMILES string of the molecule is CC(C)C(NC(=O)C(CCC(N)=O)NC(=O)C(Cc1ccc(O)cc1)NC(=O)C(N)Cc1cnc[nH]1)C(=O)O. The molecule has 0 bridgehead atoms.